The zero-order valence-corrected chi connectivity index (χ0v) is 21.4. The van der Waals surface area contributed by atoms with Crippen molar-refractivity contribution in [2.45, 2.75) is 155 Å². The van der Waals surface area contributed by atoms with E-state index >= 15 is 0 Å². The minimum atomic E-state index is 1.12. The Morgan fingerprint density at radius 3 is 0.724 bits per heavy atom. The number of nitrogens with zero attached hydrogens (tertiary/aromatic N) is 1. The highest BCUT2D eigenvalue weighted by Gasteiger charge is 2.05. The zero-order valence-electron chi connectivity index (χ0n) is 21.4. The van der Waals surface area contributed by atoms with Crippen LogP contribution in [0.25, 0.3) is 0 Å². The van der Waals surface area contributed by atoms with Gasteiger partial charge in [0, 0.05) is 0 Å². The van der Waals surface area contributed by atoms with E-state index in [1.54, 1.807) is 0 Å². The lowest BCUT2D eigenvalue weighted by atomic mass is 10.0. The molecule has 0 saturated heterocycles. The van der Waals surface area contributed by atoms with Gasteiger partial charge < -0.3 is 4.48 Å². The van der Waals surface area contributed by atoms with Crippen molar-refractivity contribution in [3.63, 3.8) is 0 Å². The highest BCUT2D eigenvalue weighted by molar-refractivity contribution is 4.51. The lowest BCUT2D eigenvalue weighted by Crippen LogP contribution is -2.35. The van der Waals surface area contributed by atoms with Crippen LogP contribution in [0.5, 0.6) is 0 Å². The molecule has 0 aliphatic rings. The Bertz CT molecular complexity index is 291. The summed E-state index contributed by atoms with van der Waals surface area (Å²) in [6.07, 6.45) is 33.8. The molecular formula is C28H60N+. The molecule has 0 spiro atoms. The monoisotopic (exact) mass is 410 g/mol. The summed E-state index contributed by atoms with van der Waals surface area (Å²) in [5.41, 5.74) is 0. The predicted octanol–water partition coefficient (Wildman–Crippen LogP) is 9.68. The van der Waals surface area contributed by atoms with E-state index in [9.17, 15) is 0 Å². The molecule has 1 nitrogen and oxygen atoms in total. The predicted molar refractivity (Wildman–Crippen MR) is 135 cm³/mol. The first-order chi connectivity index (χ1) is 14.1. The molecular weight excluding hydrogens is 350 g/mol. The SMILES string of the molecule is CCCCCCCCCCCCCCCCCCCCCCCCC[N+](C)(C)C. The van der Waals surface area contributed by atoms with E-state index in [0.717, 1.165) is 4.48 Å². The van der Waals surface area contributed by atoms with Gasteiger partial charge in [-0.1, -0.05) is 142 Å². The topological polar surface area (TPSA) is 0 Å². The maximum absolute atomic E-state index is 2.30. The fraction of sp³-hybridized carbons (Fsp3) is 1.00. The fourth-order valence-corrected chi connectivity index (χ4v) is 4.37. The average Bonchev–Trinajstić information content (AvgIpc) is 2.67. The Labute approximate surface area is 187 Å². The van der Waals surface area contributed by atoms with Gasteiger partial charge in [0.15, 0.2) is 0 Å². The molecule has 0 aliphatic carbocycles. The summed E-state index contributed by atoms with van der Waals surface area (Å²) in [5.74, 6) is 0. The molecule has 0 bridgehead atoms. The number of unbranched alkanes of at least 4 members (excludes halogenated alkanes) is 22. The van der Waals surface area contributed by atoms with Crippen LogP contribution >= 0.6 is 0 Å². The summed E-state index contributed by atoms with van der Waals surface area (Å²) in [4.78, 5) is 0. The van der Waals surface area contributed by atoms with Crippen molar-refractivity contribution in [1.82, 2.24) is 0 Å². The molecule has 29 heavy (non-hydrogen) atoms. The van der Waals surface area contributed by atoms with Gasteiger partial charge in [-0.05, 0) is 12.8 Å². The van der Waals surface area contributed by atoms with Gasteiger partial charge in [-0.3, -0.25) is 0 Å². The van der Waals surface area contributed by atoms with E-state index in [1.165, 1.54) is 154 Å². The van der Waals surface area contributed by atoms with Gasteiger partial charge in [-0.25, -0.2) is 0 Å². The first kappa shape index (κ1) is 29.0. The number of rotatable bonds is 24. The minimum Gasteiger partial charge on any atom is -0.331 e. The smallest absolute Gasteiger partial charge is 0.0780 e. The second-order valence-corrected chi connectivity index (χ2v) is 10.8. The Morgan fingerprint density at radius 1 is 0.310 bits per heavy atom. The molecule has 0 rings (SSSR count). The third-order valence-corrected chi connectivity index (χ3v) is 6.43. The quantitative estimate of drug-likeness (QED) is 0.110. The molecule has 0 N–H and O–H groups in total. The van der Waals surface area contributed by atoms with Crippen molar-refractivity contribution in [3.05, 3.63) is 0 Å². The van der Waals surface area contributed by atoms with Crippen LogP contribution in [0.15, 0.2) is 0 Å². The highest BCUT2D eigenvalue weighted by atomic mass is 15.3. The van der Waals surface area contributed by atoms with E-state index in [-0.39, 0.29) is 0 Å². The van der Waals surface area contributed by atoms with Crippen molar-refractivity contribution in [3.8, 4) is 0 Å². The maximum Gasteiger partial charge on any atom is 0.0780 e. The lowest BCUT2D eigenvalue weighted by Gasteiger charge is -2.23. The first-order valence-corrected chi connectivity index (χ1v) is 13.9. The van der Waals surface area contributed by atoms with Crippen LogP contribution in [0.2, 0.25) is 0 Å². The second-order valence-electron chi connectivity index (χ2n) is 10.8. The lowest BCUT2D eigenvalue weighted by molar-refractivity contribution is -0.870. The standard InChI is InChI=1S/C28H60N/c1-5-6-7-8-9-10-11-12-13-14-15-16-17-18-19-20-21-22-23-24-25-26-27-28-29(2,3)4/h5-28H2,1-4H3/q+1. The van der Waals surface area contributed by atoms with Gasteiger partial charge >= 0.3 is 0 Å². The molecule has 0 aromatic heterocycles. The van der Waals surface area contributed by atoms with Crippen molar-refractivity contribution in [1.29, 1.82) is 0 Å². The molecule has 0 unspecified atom stereocenters. The van der Waals surface area contributed by atoms with Gasteiger partial charge in [0.2, 0.25) is 0 Å². The van der Waals surface area contributed by atoms with E-state index in [1.807, 2.05) is 0 Å². The summed E-state index contributed by atoms with van der Waals surface area (Å²) in [5, 5.41) is 0. The number of hydrogen-bond donors (Lipinski definition) is 0. The second kappa shape index (κ2) is 22.6. The highest BCUT2D eigenvalue weighted by Crippen LogP contribution is 2.15. The van der Waals surface area contributed by atoms with Gasteiger partial charge in [0.05, 0.1) is 27.7 Å². The van der Waals surface area contributed by atoms with Crippen LogP contribution in [-0.2, 0) is 0 Å². The molecule has 0 heterocycles. The molecule has 0 saturated carbocycles. The van der Waals surface area contributed by atoms with Crippen LogP contribution < -0.4 is 0 Å². The van der Waals surface area contributed by atoms with Crippen molar-refractivity contribution < 1.29 is 4.48 Å². The fourth-order valence-electron chi connectivity index (χ4n) is 4.37. The summed E-state index contributed by atoms with van der Waals surface area (Å²) in [7, 11) is 6.91. The average molecular weight is 411 g/mol. The number of quaternary nitrogens is 1. The third-order valence-electron chi connectivity index (χ3n) is 6.43. The van der Waals surface area contributed by atoms with Crippen LogP contribution in [0.3, 0.4) is 0 Å². The van der Waals surface area contributed by atoms with Crippen LogP contribution in [0, 0.1) is 0 Å². The van der Waals surface area contributed by atoms with Gasteiger partial charge in [-0.2, -0.15) is 0 Å². The molecule has 0 amide bonds. The van der Waals surface area contributed by atoms with Crippen molar-refractivity contribution >= 4 is 0 Å². The Kier molecular flexibility index (Phi) is 22.6. The van der Waals surface area contributed by atoms with E-state index in [0.29, 0.717) is 0 Å². The molecule has 0 radical (unpaired) electrons. The van der Waals surface area contributed by atoms with Gasteiger partial charge in [-0.15, -0.1) is 0 Å². The molecule has 0 aliphatic heterocycles. The van der Waals surface area contributed by atoms with Crippen LogP contribution in [0.4, 0.5) is 0 Å². The Morgan fingerprint density at radius 2 is 0.517 bits per heavy atom. The van der Waals surface area contributed by atoms with Crippen LogP contribution in [0.1, 0.15) is 155 Å². The molecule has 0 aromatic carbocycles. The molecule has 1 heteroatoms. The molecule has 0 fully saturated rings. The summed E-state index contributed by atoms with van der Waals surface area (Å²) in [6.45, 7) is 3.64. The van der Waals surface area contributed by atoms with Gasteiger partial charge in [0.25, 0.3) is 0 Å². The summed E-state index contributed by atoms with van der Waals surface area (Å²) < 4.78 is 1.12. The Balaban J connectivity index is 3.02. The zero-order chi connectivity index (χ0) is 21.5. The minimum absolute atomic E-state index is 1.12. The normalized spacial score (nSPS) is 12.0. The van der Waals surface area contributed by atoms with E-state index < -0.39 is 0 Å². The maximum atomic E-state index is 2.30. The Hall–Kier alpha value is -0.0400. The largest absolute Gasteiger partial charge is 0.331 e. The summed E-state index contributed by atoms with van der Waals surface area (Å²) in [6, 6.07) is 0. The molecule has 0 atom stereocenters. The summed E-state index contributed by atoms with van der Waals surface area (Å²) >= 11 is 0. The van der Waals surface area contributed by atoms with E-state index in [4.69, 9.17) is 0 Å². The third kappa shape index (κ3) is 28.0. The molecule has 176 valence electrons. The first-order valence-electron chi connectivity index (χ1n) is 13.9. The number of hydrogen-bond acceptors (Lipinski definition) is 0. The van der Waals surface area contributed by atoms with Crippen molar-refractivity contribution in [2.24, 2.45) is 0 Å². The van der Waals surface area contributed by atoms with Crippen LogP contribution in [-0.4, -0.2) is 32.2 Å². The van der Waals surface area contributed by atoms with Crippen molar-refractivity contribution in [2.75, 3.05) is 27.7 Å². The van der Waals surface area contributed by atoms with E-state index in [2.05, 4.69) is 28.1 Å². The van der Waals surface area contributed by atoms with Gasteiger partial charge in [0.1, 0.15) is 0 Å². The molecule has 0 aromatic rings.